The van der Waals surface area contributed by atoms with Gasteiger partial charge in [0.2, 0.25) is 0 Å². The number of benzene rings is 1. The van der Waals surface area contributed by atoms with Crippen LogP contribution in [0.15, 0.2) is 30.5 Å². The summed E-state index contributed by atoms with van der Waals surface area (Å²) in [5, 5.41) is 0. The number of hydrogen-bond donors (Lipinski definition) is 0. The van der Waals surface area contributed by atoms with Crippen molar-refractivity contribution < 1.29 is 0 Å². The summed E-state index contributed by atoms with van der Waals surface area (Å²) in [6.45, 7) is 5.29. The van der Waals surface area contributed by atoms with E-state index in [4.69, 9.17) is 11.6 Å². The van der Waals surface area contributed by atoms with Crippen LogP contribution < -0.4 is 4.90 Å². The first-order chi connectivity index (χ1) is 9.69. The molecule has 0 saturated heterocycles. The molecule has 2 nitrogen and oxygen atoms in total. The van der Waals surface area contributed by atoms with Gasteiger partial charge in [0.15, 0.2) is 0 Å². The minimum absolute atomic E-state index is 0.518. The van der Waals surface area contributed by atoms with Crippen LogP contribution in [0.1, 0.15) is 28.7 Å². The van der Waals surface area contributed by atoms with Gasteiger partial charge in [-0.2, -0.15) is 0 Å². The van der Waals surface area contributed by atoms with Crippen LogP contribution in [-0.2, 0) is 12.3 Å². The monoisotopic (exact) mass is 286 g/mol. The van der Waals surface area contributed by atoms with Crippen molar-refractivity contribution in [2.75, 3.05) is 11.4 Å². The lowest BCUT2D eigenvalue weighted by molar-refractivity contribution is 0.756. The Morgan fingerprint density at radius 2 is 2.10 bits per heavy atom. The number of halogens is 1. The Kier molecular flexibility index (Phi) is 3.66. The third-order valence-corrected chi connectivity index (χ3v) is 4.18. The lowest BCUT2D eigenvalue weighted by Crippen LogP contribution is -2.26. The van der Waals surface area contributed by atoms with Crippen LogP contribution in [0.5, 0.6) is 0 Å². The lowest BCUT2D eigenvalue weighted by Gasteiger charge is -2.31. The van der Waals surface area contributed by atoms with Gasteiger partial charge >= 0.3 is 0 Å². The number of alkyl halides is 1. The third kappa shape index (κ3) is 2.40. The van der Waals surface area contributed by atoms with E-state index < -0.39 is 0 Å². The summed E-state index contributed by atoms with van der Waals surface area (Å²) in [5.41, 5.74) is 6.33. The van der Waals surface area contributed by atoms with Crippen LogP contribution in [0.25, 0.3) is 0 Å². The van der Waals surface area contributed by atoms with Gasteiger partial charge < -0.3 is 4.90 Å². The van der Waals surface area contributed by atoms with Crippen molar-refractivity contribution >= 4 is 23.1 Å². The summed E-state index contributed by atoms with van der Waals surface area (Å²) in [5.74, 6) is 1.58. The number of anilines is 2. The molecule has 0 unspecified atom stereocenters. The number of rotatable bonds is 2. The van der Waals surface area contributed by atoms with Gasteiger partial charge in [-0.25, -0.2) is 4.98 Å². The Balaban J connectivity index is 2.04. The fraction of sp³-hybridized carbons (Fsp3) is 0.353. The third-order valence-electron chi connectivity index (χ3n) is 3.87. The van der Waals surface area contributed by atoms with Crippen molar-refractivity contribution in [2.24, 2.45) is 0 Å². The van der Waals surface area contributed by atoms with Gasteiger partial charge in [-0.15, -0.1) is 11.6 Å². The minimum Gasteiger partial charge on any atom is -0.326 e. The molecule has 0 spiro atoms. The van der Waals surface area contributed by atoms with E-state index >= 15 is 0 Å². The fourth-order valence-electron chi connectivity index (χ4n) is 2.93. The van der Waals surface area contributed by atoms with Crippen LogP contribution in [0, 0.1) is 13.8 Å². The lowest BCUT2D eigenvalue weighted by atomic mass is 9.99. The van der Waals surface area contributed by atoms with Gasteiger partial charge in [-0.05, 0) is 55.5 Å². The van der Waals surface area contributed by atoms with Crippen molar-refractivity contribution in [3.63, 3.8) is 0 Å². The molecule has 3 heteroatoms. The van der Waals surface area contributed by atoms with Gasteiger partial charge in [0, 0.05) is 24.3 Å². The molecule has 3 rings (SSSR count). The van der Waals surface area contributed by atoms with E-state index in [2.05, 4.69) is 48.0 Å². The maximum Gasteiger partial charge on any atom is 0.135 e. The second kappa shape index (κ2) is 5.45. The van der Waals surface area contributed by atoms with E-state index in [0.717, 1.165) is 24.3 Å². The van der Waals surface area contributed by atoms with Crippen molar-refractivity contribution in [3.05, 3.63) is 52.7 Å². The van der Waals surface area contributed by atoms with E-state index in [1.54, 1.807) is 0 Å². The first-order valence-corrected chi connectivity index (χ1v) is 7.61. The zero-order chi connectivity index (χ0) is 14.1. The van der Waals surface area contributed by atoms with E-state index in [0.29, 0.717) is 5.88 Å². The highest BCUT2D eigenvalue weighted by molar-refractivity contribution is 6.17. The van der Waals surface area contributed by atoms with Crippen molar-refractivity contribution in [3.8, 4) is 0 Å². The Labute approximate surface area is 125 Å². The van der Waals surface area contributed by atoms with Gasteiger partial charge in [-0.1, -0.05) is 17.7 Å². The molecule has 1 aliphatic rings. The molecule has 0 N–H and O–H groups in total. The van der Waals surface area contributed by atoms with Crippen LogP contribution >= 0.6 is 11.6 Å². The maximum absolute atomic E-state index is 5.88. The highest BCUT2D eigenvalue weighted by Gasteiger charge is 2.20. The zero-order valence-electron chi connectivity index (χ0n) is 12.0. The second-order valence-electron chi connectivity index (χ2n) is 5.51. The molecular formula is C17H19ClN2. The van der Waals surface area contributed by atoms with Crippen LogP contribution in [0.4, 0.5) is 11.5 Å². The standard InChI is InChI=1S/C17H19ClN2/c1-12-5-6-16-15(8-12)4-3-7-20(16)17-13(2)9-14(10-18)11-19-17/h5-6,8-9,11H,3-4,7,10H2,1-2H3. The van der Waals surface area contributed by atoms with Gasteiger partial charge in [0.25, 0.3) is 0 Å². The molecule has 0 amide bonds. The van der Waals surface area contributed by atoms with E-state index in [-0.39, 0.29) is 0 Å². The molecule has 1 aromatic heterocycles. The molecule has 0 radical (unpaired) electrons. The predicted molar refractivity (Wildman–Crippen MR) is 85.0 cm³/mol. The SMILES string of the molecule is Cc1ccc2c(c1)CCCN2c1ncc(CCl)cc1C. The molecule has 0 bridgehead atoms. The highest BCUT2D eigenvalue weighted by atomic mass is 35.5. The summed E-state index contributed by atoms with van der Waals surface area (Å²) < 4.78 is 0. The van der Waals surface area contributed by atoms with Crippen LogP contribution in [0.3, 0.4) is 0 Å². The average molecular weight is 287 g/mol. The predicted octanol–water partition coefficient (Wildman–Crippen LogP) is 4.52. The largest absolute Gasteiger partial charge is 0.326 e. The number of aryl methyl sites for hydroxylation is 3. The van der Waals surface area contributed by atoms with E-state index in [1.807, 2.05) is 6.20 Å². The smallest absolute Gasteiger partial charge is 0.135 e. The number of pyridine rings is 1. The summed E-state index contributed by atoms with van der Waals surface area (Å²) in [7, 11) is 0. The molecule has 2 aromatic rings. The maximum atomic E-state index is 5.88. The summed E-state index contributed by atoms with van der Waals surface area (Å²) in [6.07, 6.45) is 4.22. The Morgan fingerprint density at radius 1 is 1.25 bits per heavy atom. The Bertz CT molecular complexity index is 637. The second-order valence-corrected chi connectivity index (χ2v) is 5.77. The Hall–Kier alpha value is -1.54. The first kappa shape index (κ1) is 13.4. The average Bonchev–Trinajstić information content (AvgIpc) is 2.46. The molecule has 0 saturated carbocycles. The Morgan fingerprint density at radius 3 is 2.85 bits per heavy atom. The zero-order valence-corrected chi connectivity index (χ0v) is 12.7. The fourth-order valence-corrected chi connectivity index (χ4v) is 3.07. The number of nitrogens with zero attached hydrogens (tertiary/aromatic N) is 2. The number of hydrogen-bond acceptors (Lipinski definition) is 2. The molecule has 2 heterocycles. The van der Waals surface area contributed by atoms with Crippen molar-refractivity contribution in [1.82, 2.24) is 4.98 Å². The van der Waals surface area contributed by atoms with Gasteiger partial charge in [0.05, 0.1) is 0 Å². The molecular weight excluding hydrogens is 268 g/mol. The van der Waals surface area contributed by atoms with Gasteiger partial charge in [-0.3, -0.25) is 0 Å². The topological polar surface area (TPSA) is 16.1 Å². The van der Waals surface area contributed by atoms with Crippen LogP contribution in [-0.4, -0.2) is 11.5 Å². The summed E-state index contributed by atoms with van der Waals surface area (Å²) >= 11 is 5.88. The normalized spacial score (nSPS) is 14.2. The molecule has 0 aliphatic carbocycles. The van der Waals surface area contributed by atoms with E-state index in [9.17, 15) is 0 Å². The van der Waals surface area contributed by atoms with E-state index in [1.165, 1.54) is 28.8 Å². The molecule has 20 heavy (non-hydrogen) atoms. The number of fused-ring (bicyclic) bond motifs is 1. The van der Waals surface area contributed by atoms with Crippen molar-refractivity contribution in [2.45, 2.75) is 32.6 Å². The molecule has 0 fully saturated rings. The highest BCUT2D eigenvalue weighted by Crippen LogP contribution is 2.34. The summed E-state index contributed by atoms with van der Waals surface area (Å²) in [4.78, 5) is 6.97. The summed E-state index contributed by atoms with van der Waals surface area (Å²) in [6, 6.07) is 8.84. The van der Waals surface area contributed by atoms with Crippen LogP contribution in [0.2, 0.25) is 0 Å². The van der Waals surface area contributed by atoms with Gasteiger partial charge in [0.1, 0.15) is 5.82 Å². The quantitative estimate of drug-likeness (QED) is 0.755. The molecule has 0 atom stereocenters. The minimum atomic E-state index is 0.518. The number of aromatic nitrogens is 1. The van der Waals surface area contributed by atoms with Crippen molar-refractivity contribution in [1.29, 1.82) is 0 Å². The molecule has 104 valence electrons. The first-order valence-electron chi connectivity index (χ1n) is 7.07. The molecule has 1 aliphatic heterocycles. The molecule has 1 aromatic carbocycles.